The molecular formula is C17H29N3O2S. The average molecular weight is 340 g/mol. The van der Waals surface area contributed by atoms with Crippen molar-refractivity contribution in [2.24, 2.45) is 5.92 Å². The van der Waals surface area contributed by atoms with Gasteiger partial charge in [-0.05, 0) is 38.0 Å². The van der Waals surface area contributed by atoms with Gasteiger partial charge in [0.25, 0.3) is 0 Å². The number of likely N-dealkylation sites (tertiary alicyclic amines) is 1. The summed E-state index contributed by atoms with van der Waals surface area (Å²) in [6, 6.07) is 0.574. The minimum absolute atomic E-state index is 0.0177. The number of amides is 3. The van der Waals surface area contributed by atoms with Gasteiger partial charge in [0.15, 0.2) is 0 Å². The zero-order valence-corrected chi connectivity index (χ0v) is 14.9. The topological polar surface area (TPSA) is 61.4 Å². The van der Waals surface area contributed by atoms with Crippen molar-refractivity contribution in [1.82, 2.24) is 15.5 Å². The maximum Gasteiger partial charge on any atom is 0.315 e. The fourth-order valence-electron chi connectivity index (χ4n) is 3.94. The molecule has 0 aliphatic carbocycles. The second-order valence-corrected chi connectivity index (χ2v) is 8.56. The van der Waals surface area contributed by atoms with Crippen LogP contribution >= 0.6 is 11.8 Å². The van der Waals surface area contributed by atoms with Crippen molar-refractivity contribution >= 4 is 23.7 Å². The third kappa shape index (κ3) is 4.34. The first-order valence-corrected chi connectivity index (χ1v) is 10.1. The number of thioether (sulfide) groups is 1. The number of carbonyl (C=O) groups is 2. The van der Waals surface area contributed by atoms with E-state index in [0.29, 0.717) is 23.6 Å². The van der Waals surface area contributed by atoms with E-state index in [1.807, 2.05) is 11.8 Å². The molecule has 0 unspecified atom stereocenters. The number of carbonyl (C=O) groups excluding carboxylic acids is 2. The molecule has 3 rings (SSSR count). The molecule has 0 aromatic heterocycles. The summed E-state index contributed by atoms with van der Waals surface area (Å²) in [5, 5.41) is 6.51. The Morgan fingerprint density at radius 3 is 3.00 bits per heavy atom. The van der Waals surface area contributed by atoms with Gasteiger partial charge in [-0.1, -0.05) is 13.3 Å². The predicted molar refractivity (Wildman–Crippen MR) is 93.6 cm³/mol. The van der Waals surface area contributed by atoms with Crippen molar-refractivity contribution in [3.63, 3.8) is 0 Å². The molecule has 2 N–H and O–H groups in total. The first kappa shape index (κ1) is 16.9. The standard InChI is InChI=1S/C17H29N3O2S/c1-12-5-4-9-20(10-8-12)15(21)7-3-2-6-14-16-13(11-23-14)18-17(22)19-16/h12-14,16H,2-11H2,1H3,(H2,18,19,22)/t12-,13-,14-,16-/m0/s1. The van der Waals surface area contributed by atoms with Gasteiger partial charge in [0.1, 0.15) is 0 Å². The molecule has 3 saturated heterocycles. The molecular weight excluding hydrogens is 310 g/mol. The number of nitrogens with zero attached hydrogens (tertiary/aromatic N) is 1. The Morgan fingerprint density at radius 2 is 2.13 bits per heavy atom. The number of rotatable bonds is 5. The summed E-state index contributed by atoms with van der Waals surface area (Å²) in [5.74, 6) is 2.11. The van der Waals surface area contributed by atoms with Gasteiger partial charge in [0, 0.05) is 30.5 Å². The quantitative estimate of drug-likeness (QED) is 0.597. The van der Waals surface area contributed by atoms with Crippen LogP contribution in [0.1, 0.15) is 51.9 Å². The Hall–Kier alpha value is -0.910. The van der Waals surface area contributed by atoms with Crippen LogP contribution in [0.25, 0.3) is 0 Å². The van der Waals surface area contributed by atoms with E-state index in [9.17, 15) is 9.59 Å². The summed E-state index contributed by atoms with van der Waals surface area (Å²) in [4.78, 5) is 25.8. The van der Waals surface area contributed by atoms with E-state index >= 15 is 0 Å². The van der Waals surface area contributed by atoms with Gasteiger partial charge < -0.3 is 15.5 Å². The first-order chi connectivity index (χ1) is 11.1. The number of fused-ring (bicyclic) bond motifs is 1. The van der Waals surface area contributed by atoms with Crippen molar-refractivity contribution in [3.8, 4) is 0 Å². The Morgan fingerprint density at radius 1 is 1.26 bits per heavy atom. The highest BCUT2D eigenvalue weighted by Crippen LogP contribution is 2.33. The second kappa shape index (κ2) is 7.77. The normalized spacial score (nSPS) is 33.8. The smallest absolute Gasteiger partial charge is 0.315 e. The summed E-state index contributed by atoms with van der Waals surface area (Å²) < 4.78 is 0. The molecule has 3 aliphatic heterocycles. The van der Waals surface area contributed by atoms with Crippen LogP contribution in [0.5, 0.6) is 0 Å². The molecule has 3 aliphatic rings. The van der Waals surface area contributed by atoms with Crippen molar-refractivity contribution in [2.75, 3.05) is 18.8 Å². The van der Waals surface area contributed by atoms with Crippen LogP contribution in [0.4, 0.5) is 4.79 Å². The van der Waals surface area contributed by atoms with Crippen molar-refractivity contribution in [3.05, 3.63) is 0 Å². The lowest BCUT2D eigenvalue weighted by Gasteiger charge is -2.21. The molecule has 130 valence electrons. The third-order valence-corrected chi connectivity index (χ3v) is 6.95. The maximum absolute atomic E-state index is 12.3. The predicted octanol–water partition coefficient (Wildman–Crippen LogP) is 2.36. The molecule has 0 aromatic carbocycles. The van der Waals surface area contributed by atoms with E-state index in [1.165, 1.54) is 6.42 Å². The fourth-order valence-corrected chi connectivity index (χ4v) is 5.48. The molecule has 23 heavy (non-hydrogen) atoms. The molecule has 3 amide bonds. The molecule has 0 spiro atoms. The van der Waals surface area contributed by atoms with Gasteiger partial charge in [-0.15, -0.1) is 0 Å². The molecule has 5 nitrogen and oxygen atoms in total. The summed E-state index contributed by atoms with van der Waals surface area (Å²) in [6.45, 7) is 4.18. The van der Waals surface area contributed by atoms with Crippen LogP contribution < -0.4 is 10.6 Å². The highest BCUT2D eigenvalue weighted by Gasteiger charge is 2.42. The van der Waals surface area contributed by atoms with E-state index in [4.69, 9.17) is 0 Å². The van der Waals surface area contributed by atoms with Crippen LogP contribution in [0, 0.1) is 5.92 Å². The van der Waals surface area contributed by atoms with E-state index < -0.39 is 0 Å². The van der Waals surface area contributed by atoms with Gasteiger partial charge in [-0.3, -0.25) is 4.79 Å². The zero-order valence-electron chi connectivity index (χ0n) is 14.1. The number of nitrogens with one attached hydrogen (secondary N) is 2. The molecule has 0 bridgehead atoms. The number of urea groups is 1. The van der Waals surface area contributed by atoms with Crippen LogP contribution in [0.15, 0.2) is 0 Å². The highest BCUT2D eigenvalue weighted by molar-refractivity contribution is 8.00. The molecule has 4 atom stereocenters. The summed E-state index contributed by atoms with van der Waals surface area (Å²) in [7, 11) is 0. The van der Waals surface area contributed by atoms with E-state index in [0.717, 1.165) is 56.9 Å². The van der Waals surface area contributed by atoms with Gasteiger partial charge >= 0.3 is 6.03 Å². The average Bonchev–Trinajstić information content (AvgIpc) is 2.97. The fraction of sp³-hybridized carbons (Fsp3) is 0.882. The lowest BCUT2D eigenvalue weighted by atomic mass is 10.0. The summed E-state index contributed by atoms with van der Waals surface area (Å²) in [6.07, 6.45) is 7.39. The van der Waals surface area contributed by atoms with Gasteiger partial charge in [-0.2, -0.15) is 11.8 Å². The molecule has 3 heterocycles. The number of hydrogen-bond donors (Lipinski definition) is 2. The monoisotopic (exact) mass is 339 g/mol. The lowest BCUT2D eigenvalue weighted by molar-refractivity contribution is -0.131. The second-order valence-electron chi connectivity index (χ2n) is 7.28. The molecule has 6 heteroatoms. The molecule has 0 aromatic rings. The molecule has 3 fully saturated rings. The summed E-state index contributed by atoms with van der Waals surface area (Å²) >= 11 is 1.95. The number of hydrogen-bond acceptors (Lipinski definition) is 3. The van der Waals surface area contributed by atoms with Crippen molar-refractivity contribution in [2.45, 2.75) is 69.2 Å². The first-order valence-electron chi connectivity index (χ1n) is 9.10. The Bertz CT molecular complexity index is 446. The van der Waals surface area contributed by atoms with E-state index in [-0.39, 0.29) is 12.1 Å². The zero-order chi connectivity index (χ0) is 16.2. The maximum atomic E-state index is 12.3. The van der Waals surface area contributed by atoms with Crippen molar-refractivity contribution in [1.29, 1.82) is 0 Å². The van der Waals surface area contributed by atoms with Gasteiger partial charge in [-0.25, -0.2) is 4.79 Å². The van der Waals surface area contributed by atoms with Gasteiger partial charge in [0.2, 0.25) is 5.91 Å². The highest BCUT2D eigenvalue weighted by atomic mass is 32.2. The van der Waals surface area contributed by atoms with Crippen LogP contribution in [-0.2, 0) is 4.79 Å². The third-order valence-electron chi connectivity index (χ3n) is 5.44. The lowest BCUT2D eigenvalue weighted by Crippen LogP contribution is -2.36. The molecule has 0 saturated carbocycles. The van der Waals surface area contributed by atoms with Crippen LogP contribution in [-0.4, -0.2) is 53.0 Å². The van der Waals surface area contributed by atoms with Crippen LogP contribution in [0.2, 0.25) is 0 Å². The SMILES string of the molecule is C[C@H]1CCCN(C(=O)CCCC[C@@H]2SC[C@@H]3NC(=O)N[C@@H]32)CC1. The Balaban J connectivity index is 1.33. The van der Waals surface area contributed by atoms with E-state index in [2.05, 4.69) is 22.5 Å². The largest absolute Gasteiger partial charge is 0.343 e. The van der Waals surface area contributed by atoms with Gasteiger partial charge in [0.05, 0.1) is 12.1 Å². The van der Waals surface area contributed by atoms with Crippen molar-refractivity contribution < 1.29 is 9.59 Å². The minimum Gasteiger partial charge on any atom is -0.343 e. The molecule has 0 radical (unpaired) electrons. The van der Waals surface area contributed by atoms with Crippen LogP contribution in [0.3, 0.4) is 0 Å². The van der Waals surface area contributed by atoms with E-state index in [1.54, 1.807) is 0 Å². The minimum atomic E-state index is -0.0177. The Labute approximate surface area is 143 Å². The summed E-state index contributed by atoms with van der Waals surface area (Å²) in [5.41, 5.74) is 0. The number of unbranched alkanes of at least 4 members (excludes halogenated alkanes) is 1. The Kier molecular flexibility index (Phi) is 5.72.